The van der Waals surface area contributed by atoms with E-state index in [-0.39, 0.29) is 0 Å². The predicted molar refractivity (Wildman–Crippen MR) is 102 cm³/mol. The molecule has 0 aliphatic carbocycles. The number of aromatic amines is 1. The van der Waals surface area contributed by atoms with Gasteiger partial charge in [-0.3, -0.25) is 10.1 Å². The summed E-state index contributed by atoms with van der Waals surface area (Å²) in [7, 11) is 0. The van der Waals surface area contributed by atoms with Crippen LogP contribution in [0.1, 0.15) is 23.4 Å². The summed E-state index contributed by atoms with van der Waals surface area (Å²) in [5, 5.41) is 16.9. The van der Waals surface area contributed by atoms with Gasteiger partial charge in [0.2, 0.25) is 5.82 Å². The molecule has 3 rings (SSSR count). The number of thiazole rings is 1. The van der Waals surface area contributed by atoms with Gasteiger partial charge >= 0.3 is 0 Å². The van der Waals surface area contributed by atoms with Crippen LogP contribution in [0.15, 0.2) is 33.2 Å². The van der Waals surface area contributed by atoms with Gasteiger partial charge in [0.15, 0.2) is 11.7 Å². The molecule has 8 nitrogen and oxygen atoms in total. The summed E-state index contributed by atoms with van der Waals surface area (Å²) >= 11 is 1.68. The molecule has 0 radical (unpaired) electrons. The zero-order chi connectivity index (χ0) is 18.2. The summed E-state index contributed by atoms with van der Waals surface area (Å²) in [5.41, 5.74) is 1.11. The Labute approximate surface area is 156 Å². The van der Waals surface area contributed by atoms with Crippen LogP contribution in [0.4, 0.5) is 0 Å². The number of guanidine groups is 1. The minimum absolute atomic E-state index is 0.567. The van der Waals surface area contributed by atoms with Gasteiger partial charge in [-0.2, -0.15) is 5.10 Å². The third-order valence-electron chi connectivity index (χ3n) is 3.58. The third kappa shape index (κ3) is 5.16. The molecular formula is C17H23N7OS. The van der Waals surface area contributed by atoms with Crippen LogP contribution in [-0.2, 0) is 12.8 Å². The molecular weight excluding hydrogens is 350 g/mol. The predicted octanol–water partition coefficient (Wildman–Crippen LogP) is 2.17. The molecule has 3 heterocycles. The number of rotatable bonds is 8. The lowest BCUT2D eigenvalue weighted by molar-refractivity contribution is 0.577. The Bertz CT molecular complexity index is 822. The number of hydrogen-bond donors (Lipinski definition) is 3. The number of aliphatic imine (C=N–C) groups is 1. The molecule has 0 atom stereocenters. The number of nitrogens with zero attached hydrogens (tertiary/aromatic N) is 4. The molecule has 9 heteroatoms. The first-order valence-electron chi connectivity index (χ1n) is 8.63. The van der Waals surface area contributed by atoms with Crippen LogP contribution in [0.5, 0.6) is 0 Å². The smallest absolute Gasteiger partial charge is 0.216 e. The number of nitrogens with one attached hydrogen (secondary N) is 3. The van der Waals surface area contributed by atoms with Crippen LogP contribution in [0.25, 0.3) is 11.6 Å². The fourth-order valence-corrected chi connectivity index (χ4v) is 3.02. The number of aromatic nitrogens is 4. The molecule has 0 saturated heterocycles. The van der Waals surface area contributed by atoms with Gasteiger partial charge in [0.25, 0.3) is 0 Å². The largest absolute Gasteiger partial charge is 0.461 e. The Morgan fingerprint density at radius 1 is 1.31 bits per heavy atom. The highest BCUT2D eigenvalue weighted by molar-refractivity contribution is 7.09. The first-order valence-corrected chi connectivity index (χ1v) is 9.51. The van der Waals surface area contributed by atoms with Crippen molar-refractivity contribution in [2.75, 3.05) is 19.6 Å². The maximum atomic E-state index is 5.29. The average molecular weight is 373 g/mol. The minimum Gasteiger partial charge on any atom is -0.461 e. The number of hydrogen-bond acceptors (Lipinski definition) is 6. The highest BCUT2D eigenvalue weighted by Gasteiger charge is 2.08. The number of aryl methyl sites for hydroxylation is 1. The number of furan rings is 1. The van der Waals surface area contributed by atoms with Crippen molar-refractivity contribution in [1.29, 1.82) is 0 Å². The first kappa shape index (κ1) is 18.1. The van der Waals surface area contributed by atoms with E-state index in [0.29, 0.717) is 24.6 Å². The lowest BCUT2D eigenvalue weighted by Crippen LogP contribution is -2.38. The summed E-state index contributed by atoms with van der Waals surface area (Å²) < 4.78 is 5.29. The summed E-state index contributed by atoms with van der Waals surface area (Å²) in [5.74, 6) is 2.81. The number of H-pyrrole nitrogens is 1. The molecule has 26 heavy (non-hydrogen) atoms. The Morgan fingerprint density at radius 3 is 2.96 bits per heavy atom. The quantitative estimate of drug-likeness (QED) is 0.413. The van der Waals surface area contributed by atoms with Gasteiger partial charge in [-0.15, -0.1) is 11.3 Å². The van der Waals surface area contributed by atoms with E-state index in [1.54, 1.807) is 17.6 Å². The van der Waals surface area contributed by atoms with E-state index in [1.807, 2.05) is 26.0 Å². The third-order valence-corrected chi connectivity index (χ3v) is 4.40. The van der Waals surface area contributed by atoms with E-state index in [9.17, 15) is 0 Å². The molecule has 3 aromatic heterocycles. The molecule has 0 fully saturated rings. The van der Waals surface area contributed by atoms with Crippen molar-refractivity contribution >= 4 is 17.3 Å². The van der Waals surface area contributed by atoms with E-state index in [2.05, 4.69) is 41.2 Å². The summed E-state index contributed by atoms with van der Waals surface area (Å²) in [6.07, 6.45) is 3.16. The van der Waals surface area contributed by atoms with Crippen molar-refractivity contribution in [2.45, 2.75) is 26.7 Å². The lowest BCUT2D eigenvalue weighted by atomic mass is 10.3. The highest BCUT2D eigenvalue weighted by Crippen LogP contribution is 2.14. The van der Waals surface area contributed by atoms with Crippen molar-refractivity contribution in [1.82, 2.24) is 30.8 Å². The molecule has 0 spiro atoms. The van der Waals surface area contributed by atoms with Gasteiger partial charge in [0, 0.05) is 37.9 Å². The van der Waals surface area contributed by atoms with Gasteiger partial charge in [-0.25, -0.2) is 9.97 Å². The lowest BCUT2D eigenvalue weighted by Gasteiger charge is -2.10. The molecule has 3 aromatic rings. The van der Waals surface area contributed by atoms with Gasteiger partial charge in [-0.05, 0) is 26.0 Å². The van der Waals surface area contributed by atoms with Crippen LogP contribution >= 0.6 is 11.3 Å². The minimum atomic E-state index is 0.567. The Morgan fingerprint density at radius 2 is 2.23 bits per heavy atom. The SMILES string of the molecule is CCNC(=NCCc1nc(-c2ccco2)n[nH]1)NCCc1csc(C)n1. The van der Waals surface area contributed by atoms with Crippen LogP contribution < -0.4 is 10.6 Å². The fraction of sp³-hybridized carbons (Fsp3) is 0.412. The van der Waals surface area contributed by atoms with Gasteiger partial charge < -0.3 is 15.1 Å². The second-order valence-corrected chi connectivity index (χ2v) is 6.69. The molecule has 0 aliphatic rings. The van der Waals surface area contributed by atoms with Crippen molar-refractivity contribution in [3.8, 4) is 11.6 Å². The molecule has 0 bridgehead atoms. The Hall–Kier alpha value is -2.68. The van der Waals surface area contributed by atoms with E-state index in [1.165, 1.54) is 0 Å². The van der Waals surface area contributed by atoms with Crippen molar-refractivity contribution in [2.24, 2.45) is 4.99 Å². The highest BCUT2D eigenvalue weighted by atomic mass is 32.1. The second-order valence-electron chi connectivity index (χ2n) is 5.63. The van der Waals surface area contributed by atoms with E-state index >= 15 is 0 Å². The summed E-state index contributed by atoms with van der Waals surface area (Å²) in [4.78, 5) is 13.5. The summed E-state index contributed by atoms with van der Waals surface area (Å²) in [6, 6.07) is 3.65. The fourth-order valence-electron chi connectivity index (χ4n) is 2.37. The van der Waals surface area contributed by atoms with Gasteiger partial charge in [0.05, 0.1) is 17.0 Å². The maximum absolute atomic E-state index is 5.29. The molecule has 0 amide bonds. The van der Waals surface area contributed by atoms with Crippen molar-refractivity contribution in [3.05, 3.63) is 40.3 Å². The molecule has 0 aliphatic heterocycles. The molecule has 0 aromatic carbocycles. The normalized spacial score (nSPS) is 11.7. The maximum Gasteiger partial charge on any atom is 0.216 e. The van der Waals surface area contributed by atoms with Gasteiger partial charge in [0.1, 0.15) is 5.82 Å². The van der Waals surface area contributed by atoms with Crippen LogP contribution in [0.3, 0.4) is 0 Å². The Balaban J connectivity index is 1.47. The van der Waals surface area contributed by atoms with Crippen molar-refractivity contribution in [3.63, 3.8) is 0 Å². The zero-order valence-corrected chi connectivity index (χ0v) is 15.8. The summed E-state index contributed by atoms with van der Waals surface area (Å²) in [6.45, 7) is 6.28. The second kappa shape index (κ2) is 9.14. The molecule has 0 unspecified atom stereocenters. The first-order chi connectivity index (χ1) is 12.7. The average Bonchev–Trinajstić information content (AvgIpc) is 3.36. The molecule has 138 valence electrons. The van der Waals surface area contributed by atoms with Crippen molar-refractivity contribution < 1.29 is 4.42 Å². The Kier molecular flexibility index (Phi) is 6.37. The molecule has 3 N–H and O–H groups in total. The van der Waals surface area contributed by atoms with E-state index in [4.69, 9.17) is 4.42 Å². The van der Waals surface area contributed by atoms with Gasteiger partial charge in [-0.1, -0.05) is 0 Å². The van der Waals surface area contributed by atoms with E-state index in [0.717, 1.165) is 42.0 Å². The topological polar surface area (TPSA) is 104 Å². The van der Waals surface area contributed by atoms with E-state index < -0.39 is 0 Å². The van der Waals surface area contributed by atoms with Crippen LogP contribution in [-0.4, -0.2) is 45.8 Å². The van der Waals surface area contributed by atoms with Crippen LogP contribution in [0, 0.1) is 6.92 Å². The van der Waals surface area contributed by atoms with Crippen LogP contribution in [0.2, 0.25) is 0 Å². The molecule has 0 saturated carbocycles. The zero-order valence-electron chi connectivity index (χ0n) is 15.0. The monoisotopic (exact) mass is 373 g/mol. The standard InChI is InChI=1S/C17H23N7OS/c1-3-18-17(19-8-6-13-11-26-12(2)21-13)20-9-7-15-22-16(24-23-15)14-5-4-10-25-14/h4-5,10-11H,3,6-9H2,1-2H3,(H2,18,19,20)(H,22,23,24).